The number of nitrogens with zero attached hydrogens (tertiary/aromatic N) is 1. The van der Waals surface area contributed by atoms with Crippen LogP contribution in [0.3, 0.4) is 0 Å². The number of aryl methyl sites for hydroxylation is 1. The zero-order valence-electron chi connectivity index (χ0n) is 13.6. The van der Waals surface area contributed by atoms with Gasteiger partial charge in [0, 0.05) is 30.6 Å². The molecule has 0 unspecified atom stereocenters. The average molecular weight is 316 g/mol. The third-order valence-electron chi connectivity index (χ3n) is 4.24. The molecule has 1 fully saturated rings. The van der Waals surface area contributed by atoms with E-state index in [1.165, 1.54) is 5.56 Å². The van der Waals surface area contributed by atoms with Gasteiger partial charge in [0.05, 0.1) is 25.9 Å². The summed E-state index contributed by atoms with van der Waals surface area (Å²) in [5.41, 5.74) is 2.96. The predicted molar refractivity (Wildman–Crippen MR) is 89.5 cm³/mol. The molecule has 1 aliphatic rings. The van der Waals surface area contributed by atoms with Gasteiger partial charge in [0.25, 0.3) is 0 Å². The molecule has 0 spiro atoms. The minimum atomic E-state index is 0.0520. The Labute approximate surface area is 136 Å². The molecule has 0 aliphatic carbocycles. The van der Waals surface area contributed by atoms with Gasteiger partial charge in [0.15, 0.2) is 0 Å². The summed E-state index contributed by atoms with van der Waals surface area (Å²) in [4.78, 5) is 14.5. The van der Waals surface area contributed by atoms with Gasteiger partial charge in [0.2, 0.25) is 5.91 Å². The third kappa shape index (κ3) is 4.33. The first-order valence-electron chi connectivity index (χ1n) is 8.26. The molecule has 1 amide bonds. The van der Waals surface area contributed by atoms with Gasteiger partial charge in [-0.05, 0) is 32.0 Å². The number of nitrogens with one attached hydrogen (secondary N) is 1. The van der Waals surface area contributed by atoms with Gasteiger partial charge in [-0.25, -0.2) is 0 Å². The molecule has 1 aliphatic heterocycles. The van der Waals surface area contributed by atoms with Crippen molar-refractivity contribution in [2.75, 3.05) is 39.4 Å². The molecule has 2 heterocycles. The van der Waals surface area contributed by atoms with Crippen LogP contribution in [0.2, 0.25) is 0 Å². The van der Waals surface area contributed by atoms with Crippen LogP contribution in [0.15, 0.2) is 28.9 Å². The van der Waals surface area contributed by atoms with Crippen molar-refractivity contribution in [2.24, 2.45) is 0 Å². The van der Waals surface area contributed by atoms with E-state index in [4.69, 9.17) is 9.15 Å². The number of carbonyl (C=O) groups is 1. The van der Waals surface area contributed by atoms with Crippen molar-refractivity contribution < 1.29 is 13.9 Å². The summed E-state index contributed by atoms with van der Waals surface area (Å²) in [5, 5.41) is 4.04. The molecule has 1 N–H and O–H groups in total. The number of carbonyl (C=O) groups excluding carboxylic acids is 1. The summed E-state index contributed by atoms with van der Waals surface area (Å²) >= 11 is 0. The Balaban J connectivity index is 1.44. The van der Waals surface area contributed by atoms with Crippen LogP contribution < -0.4 is 5.32 Å². The molecule has 0 atom stereocenters. The van der Waals surface area contributed by atoms with Crippen molar-refractivity contribution in [3.63, 3.8) is 0 Å². The average Bonchev–Trinajstić information content (AvgIpc) is 2.95. The van der Waals surface area contributed by atoms with Crippen LogP contribution in [-0.2, 0) is 16.0 Å². The van der Waals surface area contributed by atoms with E-state index in [2.05, 4.69) is 16.3 Å². The maximum absolute atomic E-state index is 12.1. The first-order valence-corrected chi connectivity index (χ1v) is 8.26. The number of hydrogen-bond donors (Lipinski definition) is 1. The predicted octanol–water partition coefficient (Wildman–Crippen LogP) is 2.12. The van der Waals surface area contributed by atoms with Gasteiger partial charge in [-0.2, -0.15) is 0 Å². The van der Waals surface area contributed by atoms with Crippen molar-refractivity contribution in [1.82, 2.24) is 10.2 Å². The number of fused-ring (bicyclic) bond motifs is 1. The fraction of sp³-hybridized carbons (Fsp3) is 0.500. The van der Waals surface area contributed by atoms with E-state index < -0.39 is 0 Å². The molecule has 3 rings (SSSR count). The van der Waals surface area contributed by atoms with E-state index in [1.54, 1.807) is 6.26 Å². The van der Waals surface area contributed by atoms with Gasteiger partial charge < -0.3 is 14.5 Å². The van der Waals surface area contributed by atoms with Gasteiger partial charge in [-0.3, -0.25) is 9.69 Å². The lowest BCUT2D eigenvalue weighted by Gasteiger charge is -2.26. The van der Waals surface area contributed by atoms with E-state index in [1.807, 2.05) is 19.1 Å². The molecule has 5 nitrogen and oxygen atoms in total. The Morgan fingerprint density at radius 3 is 2.96 bits per heavy atom. The summed E-state index contributed by atoms with van der Waals surface area (Å²) < 4.78 is 10.8. The van der Waals surface area contributed by atoms with E-state index in [0.29, 0.717) is 13.0 Å². The number of rotatable bonds is 6. The van der Waals surface area contributed by atoms with Gasteiger partial charge in [-0.15, -0.1) is 0 Å². The fourth-order valence-electron chi connectivity index (χ4n) is 2.92. The highest BCUT2D eigenvalue weighted by molar-refractivity contribution is 5.87. The number of benzene rings is 1. The quantitative estimate of drug-likeness (QED) is 0.830. The molecule has 1 saturated heterocycles. The van der Waals surface area contributed by atoms with Crippen molar-refractivity contribution in [3.05, 3.63) is 35.6 Å². The second-order valence-corrected chi connectivity index (χ2v) is 6.09. The first-order chi connectivity index (χ1) is 11.2. The molecule has 5 heteroatoms. The van der Waals surface area contributed by atoms with Crippen LogP contribution in [-0.4, -0.2) is 50.2 Å². The van der Waals surface area contributed by atoms with Crippen molar-refractivity contribution >= 4 is 16.9 Å². The summed E-state index contributed by atoms with van der Waals surface area (Å²) in [7, 11) is 0. The van der Waals surface area contributed by atoms with Gasteiger partial charge >= 0.3 is 0 Å². The molecule has 0 radical (unpaired) electrons. The Morgan fingerprint density at radius 1 is 1.30 bits per heavy atom. The van der Waals surface area contributed by atoms with E-state index in [0.717, 1.165) is 55.8 Å². The standard InChI is InChI=1S/C18H24N2O3/c1-14-3-4-17-16(11-14)15(13-23-17)12-18(21)19-5-2-6-20-7-9-22-10-8-20/h3-4,11,13H,2,5-10,12H2,1H3,(H,19,21). The van der Waals surface area contributed by atoms with Gasteiger partial charge in [0.1, 0.15) is 5.58 Å². The molecular formula is C18H24N2O3. The maximum atomic E-state index is 12.1. The molecule has 2 aromatic rings. The zero-order chi connectivity index (χ0) is 16.1. The lowest BCUT2D eigenvalue weighted by atomic mass is 10.1. The normalized spacial score (nSPS) is 15.9. The minimum absolute atomic E-state index is 0.0520. The number of furan rings is 1. The molecule has 23 heavy (non-hydrogen) atoms. The molecule has 124 valence electrons. The maximum Gasteiger partial charge on any atom is 0.224 e. The van der Waals surface area contributed by atoms with E-state index >= 15 is 0 Å². The molecule has 1 aromatic carbocycles. The van der Waals surface area contributed by atoms with Crippen molar-refractivity contribution in [2.45, 2.75) is 19.8 Å². The zero-order valence-corrected chi connectivity index (χ0v) is 13.6. The third-order valence-corrected chi connectivity index (χ3v) is 4.24. The van der Waals surface area contributed by atoms with Crippen molar-refractivity contribution in [1.29, 1.82) is 0 Å². The SMILES string of the molecule is Cc1ccc2occ(CC(=O)NCCCN3CCOCC3)c2c1. The van der Waals surface area contributed by atoms with Gasteiger partial charge in [-0.1, -0.05) is 11.6 Å². The summed E-state index contributed by atoms with van der Waals surface area (Å²) in [6, 6.07) is 6.04. The molecular weight excluding hydrogens is 292 g/mol. The topological polar surface area (TPSA) is 54.7 Å². The fourth-order valence-corrected chi connectivity index (χ4v) is 2.92. The Hall–Kier alpha value is -1.85. The molecule has 0 bridgehead atoms. The van der Waals surface area contributed by atoms with Crippen molar-refractivity contribution in [3.8, 4) is 0 Å². The van der Waals surface area contributed by atoms with Crippen LogP contribution in [0.25, 0.3) is 11.0 Å². The minimum Gasteiger partial charge on any atom is -0.464 e. The number of ether oxygens (including phenoxy) is 1. The lowest BCUT2D eigenvalue weighted by Crippen LogP contribution is -2.38. The number of morpholine rings is 1. The number of hydrogen-bond acceptors (Lipinski definition) is 4. The monoisotopic (exact) mass is 316 g/mol. The van der Waals surface area contributed by atoms with E-state index in [9.17, 15) is 4.79 Å². The summed E-state index contributed by atoms with van der Waals surface area (Å²) in [6.07, 6.45) is 3.03. The highest BCUT2D eigenvalue weighted by Crippen LogP contribution is 2.22. The Kier molecular flexibility index (Phi) is 5.31. The van der Waals surface area contributed by atoms with Crippen LogP contribution in [0.5, 0.6) is 0 Å². The Morgan fingerprint density at radius 2 is 2.13 bits per heavy atom. The summed E-state index contributed by atoms with van der Waals surface area (Å²) in [5.74, 6) is 0.0520. The first kappa shape index (κ1) is 16.0. The second kappa shape index (κ2) is 7.62. The highest BCUT2D eigenvalue weighted by Gasteiger charge is 2.12. The smallest absolute Gasteiger partial charge is 0.224 e. The second-order valence-electron chi connectivity index (χ2n) is 6.09. The van der Waals surface area contributed by atoms with Crippen LogP contribution >= 0.6 is 0 Å². The van der Waals surface area contributed by atoms with E-state index in [-0.39, 0.29) is 5.91 Å². The van der Waals surface area contributed by atoms with Crippen LogP contribution in [0, 0.1) is 6.92 Å². The Bertz CT molecular complexity index is 659. The molecule has 0 saturated carbocycles. The van der Waals surface area contributed by atoms with Crippen LogP contribution in [0.4, 0.5) is 0 Å². The number of amides is 1. The van der Waals surface area contributed by atoms with Crippen LogP contribution in [0.1, 0.15) is 17.5 Å². The lowest BCUT2D eigenvalue weighted by molar-refractivity contribution is -0.120. The highest BCUT2D eigenvalue weighted by atomic mass is 16.5. The summed E-state index contributed by atoms with van der Waals surface area (Å²) in [6.45, 7) is 7.39. The molecule has 1 aromatic heterocycles. The largest absolute Gasteiger partial charge is 0.464 e.